The van der Waals surface area contributed by atoms with Crippen LogP contribution in [0.4, 0.5) is 5.69 Å². The number of benzene rings is 3. The SMILES string of the molecule is CCC(NC(=O)c1cccc(NC(=O)C2Cc3ccccc3O2)c1)c1ncc(-c2ccccc2)[nH]1. The fraction of sp³-hybridized carbons (Fsp3) is 0.179. The van der Waals surface area contributed by atoms with Gasteiger partial charge in [0, 0.05) is 17.7 Å². The number of fused-ring (bicyclic) bond motifs is 1. The zero-order valence-electron chi connectivity index (χ0n) is 19.3. The molecule has 2 unspecified atom stereocenters. The number of aromatic amines is 1. The highest BCUT2D eigenvalue weighted by molar-refractivity contribution is 5.98. The van der Waals surface area contributed by atoms with Crippen molar-refractivity contribution in [1.82, 2.24) is 15.3 Å². The van der Waals surface area contributed by atoms with Crippen LogP contribution in [0.25, 0.3) is 11.3 Å². The molecule has 7 nitrogen and oxygen atoms in total. The van der Waals surface area contributed by atoms with Crippen molar-refractivity contribution in [2.24, 2.45) is 0 Å². The Balaban J connectivity index is 1.24. The number of nitrogens with one attached hydrogen (secondary N) is 3. The van der Waals surface area contributed by atoms with E-state index in [1.165, 1.54) is 0 Å². The van der Waals surface area contributed by atoms with Gasteiger partial charge in [0.15, 0.2) is 6.10 Å². The predicted octanol–water partition coefficient (Wildman–Crippen LogP) is 4.90. The molecule has 5 rings (SSSR count). The quantitative estimate of drug-likeness (QED) is 0.361. The molecule has 2 atom stereocenters. The van der Waals surface area contributed by atoms with Crippen molar-refractivity contribution in [3.05, 3.63) is 102 Å². The third-order valence-corrected chi connectivity index (χ3v) is 6.06. The molecule has 3 aromatic carbocycles. The summed E-state index contributed by atoms with van der Waals surface area (Å²) in [6.45, 7) is 1.99. The summed E-state index contributed by atoms with van der Waals surface area (Å²) in [5.74, 6) is 0.950. The molecule has 1 aliphatic rings. The second-order valence-corrected chi connectivity index (χ2v) is 8.47. The van der Waals surface area contributed by atoms with Crippen LogP contribution in [-0.4, -0.2) is 27.9 Å². The molecule has 0 aliphatic carbocycles. The average Bonchev–Trinajstić information content (AvgIpc) is 3.56. The maximum Gasteiger partial charge on any atom is 0.265 e. The molecule has 3 N–H and O–H groups in total. The number of amides is 2. The number of nitrogens with zero attached hydrogens (tertiary/aromatic N) is 1. The molecular formula is C28H26N4O3. The second-order valence-electron chi connectivity index (χ2n) is 8.47. The average molecular weight is 467 g/mol. The Kier molecular flexibility index (Phi) is 6.30. The monoisotopic (exact) mass is 466 g/mol. The number of hydrogen-bond donors (Lipinski definition) is 3. The summed E-state index contributed by atoms with van der Waals surface area (Å²) in [7, 11) is 0. The standard InChI is InChI=1S/C28H26N4O3/c1-2-22(26-29-17-23(31-26)18-9-4-3-5-10-18)32-27(33)20-12-8-13-21(15-20)30-28(34)25-16-19-11-6-7-14-24(19)35-25/h3-15,17,22,25H,2,16H2,1H3,(H,29,31)(H,30,34)(H,32,33). The molecule has 0 fully saturated rings. The van der Waals surface area contributed by atoms with Crippen LogP contribution in [0, 0.1) is 0 Å². The molecule has 2 amide bonds. The first-order chi connectivity index (χ1) is 17.1. The summed E-state index contributed by atoms with van der Waals surface area (Å²) >= 11 is 0. The zero-order chi connectivity index (χ0) is 24.2. The topological polar surface area (TPSA) is 96.1 Å². The van der Waals surface area contributed by atoms with Crippen LogP contribution in [0.1, 0.15) is 41.1 Å². The van der Waals surface area contributed by atoms with Gasteiger partial charge < -0.3 is 20.4 Å². The molecule has 1 aromatic heterocycles. The fourth-order valence-corrected chi connectivity index (χ4v) is 4.17. The minimum absolute atomic E-state index is 0.241. The maximum atomic E-state index is 13.0. The number of aromatic nitrogens is 2. The van der Waals surface area contributed by atoms with Crippen LogP contribution < -0.4 is 15.4 Å². The number of anilines is 1. The van der Waals surface area contributed by atoms with Gasteiger partial charge in [-0.3, -0.25) is 9.59 Å². The molecule has 1 aliphatic heterocycles. The number of para-hydroxylation sites is 1. The molecule has 176 valence electrons. The van der Waals surface area contributed by atoms with Gasteiger partial charge in [-0.1, -0.05) is 61.5 Å². The number of hydrogen-bond acceptors (Lipinski definition) is 4. The van der Waals surface area contributed by atoms with E-state index in [0.29, 0.717) is 29.9 Å². The number of carbonyl (C=O) groups excluding carboxylic acids is 2. The van der Waals surface area contributed by atoms with E-state index >= 15 is 0 Å². The van der Waals surface area contributed by atoms with Crippen LogP contribution in [0.3, 0.4) is 0 Å². The van der Waals surface area contributed by atoms with Gasteiger partial charge in [-0.25, -0.2) is 4.98 Å². The molecule has 0 radical (unpaired) electrons. The van der Waals surface area contributed by atoms with Crippen LogP contribution in [0.5, 0.6) is 5.75 Å². The fourth-order valence-electron chi connectivity index (χ4n) is 4.17. The molecule has 0 spiro atoms. The number of ether oxygens (including phenoxy) is 1. The van der Waals surface area contributed by atoms with E-state index in [4.69, 9.17) is 4.74 Å². The summed E-state index contributed by atoms with van der Waals surface area (Å²) in [6, 6.07) is 24.2. The highest BCUT2D eigenvalue weighted by Gasteiger charge is 2.29. The van der Waals surface area contributed by atoms with E-state index in [2.05, 4.69) is 20.6 Å². The smallest absolute Gasteiger partial charge is 0.265 e. The Morgan fingerprint density at radius 1 is 1.06 bits per heavy atom. The van der Waals surface area contributed by atoms with Gasteiger partial charge >= 0.3 is 0 Å². The summed E-state index contributed by atoms with van der Waals surface area (Å²) in [5, 5.41) is 5.91. The van der Waals surface area contributed by atoms with Crippen LogP contribution in [0.2, 0.25) is 0 Å². The van der Waals surface area contributed by atoms with Gasteiger partial charge in [0.05, 0.1) is 17.9 Å². The van der Waals surface area contributed by atoms with E-state index in [-0.39, 0.29) is 17.9 Å². The van der Waals surface area contributed by atoms with E-state index in [1.807, 2.05) is 61.5 Å². The number of rotatable bonds is 7. The lowest BCUT2D eigenvalue weighted by Gasteiger charge is -2.16. The minimum Gasteiger partial charge on any atom is -0.480 e. The van der Waals surface area contributed by atoms with Gasteiger partial charge in [-0.05, 0) is 41.8 Å². The molecule has 35 heavy (non-hydrogen) atoms. The van der Waals surface area contributed by atoms with Crippen molar-refractivity contribution in [2.45, 2.75) is 31.9 Å². The molecule has 7 heteroatoms. The Morgan fingerprint density at radius 3 is 2.66 bits per heavy atom. The molecule has 0 saturated carbocycles. The van der Waals surface area contributed by atoms with Gasteiger partial charge in [0.25, 0.3) is 11.8 Å². The van der Waals surface area contributed by atoms with Crippen molar-refractivity contribution in [3.8, 4) is 17.0 Å². The van der Waals surface area contributed by atoms with Crippen LogP contribution in [0.15, 0.2) is 85.1 Å². The highest BCUT2D eigenvalue weighted by Crippen LogP contribution is 2.29. The summed E-state index contributed by atoms with van der Waals surface area (Å²) < 4.78 is 5.77. The summed E-state index contributed by atoms with van der Waals surface area (Å²) in [5.41, 5.74) is 3.94. The summed E-state index contributed by atoms with van der Waals surface area (Å²) in [6.07, 6.45) is 2.38. The lowest BCUT2D eigenvalue weighted by molar-refractivity contribution is -0.122. The first-order valence-electron chi connectivity index (χ1n) is 11.7. The van der Waals surface area contributed by atoms with E-state index in [9.17, 15) is 9.59 Å². The molecule has 0 saturated heterocycles. The normalized spacial score (nSPS) is 15.1. The lowest BCUT2D eigenvalue weighted by atomic mass is 10.1. The Morgan fingerprint density at radius 2 is 1.86 bits per heavy atom. The van der Waals surface area contributed by atoms with Gasteiger partial charge in [-0.15, -0.1) is 0 Å². The molecule has 0 bridgehead atoms. The lowest BCUT2D eigenvalue weighted by Crippen LogP contribution is -2.32. The Labute approximate surface area is 203 Å². The second kappa shape index (κ2) is 9.85. The van der Waals surface area contributed by atoms with E-state index in [1.54, 1.807) is 30.5 Å². The number of H-pyrrole nitrogens is 1. The Bertz CT molecular complexity index is 1320. The zero-order valence-corrected chi connectivity index (χ0v) is 19.3. The first kappa shape index (κ1) is 22.4. The number of imidazole rings is 1. The van der Waals surface area contributed by atoms with Gasteiger partial charge in [0.2, 0.25) is 0 Å². The van der Waals surface area contributed by atoms with Gasteiger partial charge in [0.1, 0.15) is 11.6 Å². The molecule has 4 aromatic rings. The Hall–Kier alpha value is -4.39. The maximum absolute atomic E-state index is 13.0. The first-order valence-corrected chi connectivity index (χ1v) is 11.7. The van der Waals surface area contributed by atoms with Crippen molar-refractivity contribution < 1.29 is 14.3 Å². The third kappa shape index (κ3) is 4.94. The van der Waals surface area contributed by atoms with Crippen molar-refractivity contribution >= 4 is 17.5 Å². The van der Waals surface area contributed by atoms with Crippen molar-refractivity contribution in [3.63, 3.8) is 0 Å². The summed E-state index contributed by atoms with van der Waals surface area (Å²) in [4.78, 5) is 33.6. The van der Waals surface area contributed by atoms with Gasteiger partial charge in [-0.2, -0.15) is 0 Å². The number of carbonyl (C=O) groups is 2. The van der Waals surface area contributed by atoms with Crippen LogP contribution >= 0.6 is 0 Å². The van der Waals surface area contributed by atoms with Crippen LogP contribution in [-0.2, 0) is 11.2 Å². The van der Waals surface area contributed by atoms with E-state index in [0.717, 1.165) is 22.6 Å². The van der Waals surface area contributed by atoms with E-state index < -0.39 is 6.10 Å². The molecule has 2 heterocycles. The predicted molar refractivity (Wildman–Crippen MR) is 134 cm³/mol. The minimum atomic E-state index is -0.591. The van der Waals surface area contributed by atoms with Crippen molar-refractivity contribution in [1.29, 1.82) is 0 Å². The highest BCUT2D eigenvalue weighted by atomic mass is 16.5. The largest absolute Gasteiger partial charge is 0.480 e. The third-order valence-electron chi connectivity index (χ3n) is 6.06. The molecular weight excluding hydrogens is 440 g/mol. The van der Waals surface area contributed by atoms with Crippen molar-refractivity contribution in [2.75, 3.05) is 5.32 Å².